The maximum Gasteiger partial charge on any atom is 0.163 e. The van der Waals surface area contributed by atoms with Crippen LogP contribution in [0.15, 0.2) is 55.0 Å². The fraction of sp³-hybridized carbons (Fsp3) is 0.0625. The van der Waals surface area contributed by atoms with Crippen LogP contribution >= 0.6 is 22.6 Å². The molecule has 0 spiro atoms. The minimum atomic E-state index is 0.850. The maximum absolute atomic E-state index is 4.77. The molecule has 0 amide bonds. The van der Waals surface area contributed by atoms with E-state index >= 15 is 0 Å². The number of halogens is 1. The van der Waals surface area contributed by atoms with Gasteiger partial charge in [-0.05, 0) is 52.9 Å². The molecule has 108 valence electrons. The summed E-state index contributed by atoms with van der Waals surface area (Å²) in [4.78, 5) is 4.77. The van der Waals surface area contributed by atoms with Crippen LogP contribution < -0.4 is 0 Å². The number of nitrogens with zero attached hydrogens (tertiary/aromatic N) is 5. The first-order valence-electron chi connectivity index (χ1n) is 6.80. The lowest BCUT2D eigenvalue weighted by atomic mass is 10.2. The molecule has 0 saturated carbocycles. The van der Waals surface area contributed by atoms with Crippen molar-refractivity contribution in [2.75, 3.05) is 0 Å². The zero-order valence-corrected chi connectivity index (χ0v) is 14.0. The zero-order valence-electron chi connectivity index (χ0n) is 11.8. The van der Waals surface area contributed by atoms with Gasteiger partial charge in [-0.15, -0.1) is 0 Å². The molecule has 3 heterocycles. The Morgan fingerprint density at radius 3 is 2.73 bits per heavy atom. The zero-order chi connectivity index (χ0) is 15.1. The Hall–Kier alpha value is -2.22. The number of aromatic nitrogens is 5. The summed E-state index contributed by atoms with van der Waals surface area (Å²) < 4.78 is 4.82. The van der Waals surface area contributed by atoms with E-state index in [9.17, 15) is 0 Å². The monoisotopic (exact) mass is 401 g/mol. The minimum absolute atomic E-state index is 0.850. The average molecular weight is 401 g/mol. The third-order valence-corrected chi connectivity index (χ3v) is 4.14. The van der Waals surface area contributed by atoms with Crippen molar-refractivity contribution in [3.8, 4) is 16.9 Å². The van der Waals surface area contributed by atoms with Gasteiger partial charge in [-0.25, -0.2) is 9.67 Å². The third kappa shape index (κ3) is 2.29. The van der Waals surface area contributed by atoms with Crippen LogP contribution in [0.5, 0.6) is 0 Å². The van der Waals surface area contributed by atoms with Crippen LogP contribution in [0, 0.1) is 3.57 Å². The smallest absolute Gasteiger partial charge is 0.163 e. The Labute approximate surface area is 140 Å². The maximum atomic E-state index is 4.77. The lowest BCUT2D eigenvalue weighted by Crippen LogP contribution is -1.98. The van der Waals surface area contributed by atoms with Crippen LogP contribution in [0.25, 0.3) is 28.0 Å². The highest BCUT2D eigenvalue weighted by molar-refractivity contribution is 14.1. The predicted molar refractivity (Wildman–Crippen MR) is 93.8 cm³/mol. The number of benzene rings is 1. The Bertz CT molecular complexity index is 970. The molecule has 0 N–H and O–H groups in total. The molecule has 1 aromatic carbocycles. The van der Waals surface area contributed by atoms with E-state index < -0.39 is 0 Å². The summed E-state index contributed by atoms with van der Waals surface area (Å²) in [5.74, 6) is 0. The highest BCUT2D eigenvalue weighted by Crippen LogP contribution is 2.22. The molecule has 0 unspecified atom stereocenters. The molecule has 5 nitrogen and oxygen atoms in total. The summed E-state index contributed by atoms with van der Waals surface area (Å²) >= 11 is 2.30. The van der Waals surface area contributed by atoms with Gasteiger partial charge in [0.1, 0.15) is 0 Å². The van der Waals surface area contributed by atoms with Gasteiger partial charge in [-0.1, -0.05) is 6.07 Å². The molecule has 0 bridgehead atoms. The van der Waals surface area contributed by atoms with Crippen molar-refractivity contribution in [1.82, 2.24) is 24.5 Å². The molecular formula is C16H12IN5. The Balaban J connectivity index is 1.90. The van der Waals surface area contributed by atoms with E-state index in [4.69, 9.17) is 4.98 Å². The summed E-state index contributed by atoms with van der Waals surface area (Å²) in [6.07, 6.45) is 5.62. The van der Waals surface area contributed by atoms with Crippen LogP contribution in [0.4, 0.5) is 0 Å². The first kappa shape index (κ1) is 13.4. The van der Waals surface area contributed by atoms with Gasteiger partial charge in [0, 0.05) is 27.8 Å². The van der Waals surface area contributed by atoms with Crippen LogP contribution in [0.1, 0.15) is 0 Å². The van der Waals surface area contributed by atoms with Gasteiger partial charge < -0.3 is 0 Å². The largest absolute Gasteiger partial charge is 0.275 e. The molecule has 0 radical (unpaired) electrons. The Kier molecular flexibility index (Phi) is 3.18. The Morgan fingerprint density at radius 1 is 1.05 bits per heavy atom. The molecule has 0 aliphatic rings. The normalized spacial score (nSPS) is 11.2. The molecule has 0 atom stereocenters. The van der Waals surface area contributed by atoms with E-state index in [-0.39, 0.29) is 0 Å². The van der Waals surface area contributed by atoms with E-state index in [2.05, 4.69) is 44.9 Å². The molecule has 0 saturated heterocycles. The van der Waals surface area contributed by atoms with Gasteiger partial charge in [-0.2, -0.15) is 10.2 Å². The summed E-state index contributed by atoms with van der Waals surface area (Å²) in [6, 6.07) is 12.3. The molecule has 22 heavy (non-hydrogen) atoms. The number of hydrogen-bond acceptors (Lipinski definition) is 3. The van der Waals surface area contributed by atoms with Crippen LogP contribution in [0.2, 0.25) is 0 Å². The van der Waals surface area contributed by atoms with Crippen molar-refractivity contribution in [3.05, 3.63) is 58.6 Å². The van der Waals surface area contributed by atoms with Gasteiger partial charge in [0.15, 0.2) is 5.65 Å². The van der Waals surface area contributed by atoms with Gasteiger partial charge in [-0.3, -0.25) is 4.68 Å². The molecule has 0 aliphatic carbocycles. The fourth-order valence-electron chi connectivity index (χ4n) is 2.42. The van der Waals surface area contributed by atoms with E-state index in [0.717, 1.165) is 28.0 Å². The van der Waals surface area contributed by atoms with Crippen molar-refractivity contribution in [1.29, 1.82) is 0 Å². The standard InChI is InChI=1S/C16H12IN5/c1-21-10-12(9-18-21)15-6-5-11-8-19-22(16(11)20-15)14-4-2-3-13(17)7-14/h2-10H,1H3. The molecule has 3 aromatic heterocycles. The molecule has 0 fully saturated rings. The third-order valence-electron chi connectivity index (χ3n) is 3.47. The summed E-state index contributed by atoms with van der Waals surface area (Å²) in [6.45, 7) is 0. The second-order valence-corrected chi connectivity index (χ2v) is 6.29. The van der Waals surface area contributed by atoms with Crippen LogP contribution in [-0.4, -0.2) is 24.5 Å². The van der Waals surface area contributed by atoms with Gasteiger partial charge >= 0.3 is 0 Å². The van der Waals surface area contributed by atoms with Crippen molar-refractivity contribution in [2.45, 2.75) is 0 Å². The highest BCUT2D eigenvalue weighted by atomic mass is 127. The summed E-state index contributed by atoms with van der Waals surface area (Å²) in [5.41, 5.74) is 3.76. The number of rotatable bonds is 2. The SMILES string of the molecule is Cn1cc(-c2ccc3cnn(-c4cccc(I)c4)c3n2)cn1. The predicted octanol–water partition coefficient (Wildman–Crippen LogP) is 3.43. The molecular weight excluding hydrogens is 389 g/mol. The van der Waals surface area contributed by atoms with Gasteiger partial charge in [0.25, 0.3) is 0 Å². The quantitative estimate of drug-likeness (QED) is 0.484. The highest BCUT2D eigenvalue weighted by Gasteiger charge is 2.09. The second-order valence-electron chi connectivity index (χ2n) is 5.05. The van der Waals surface area contributed by atoms with E-state index in [1.807, 2.05) is 54.6 Å². The first-order chi connectivity index (χ1) is 10.7. The molecule has 6 heteroatoms. The topological polar surface area (TPSA) is 48.5 Å². The van der Waals surface area contributed by atoms with Crippen molar-refractivity contribution >= 4 is 33.6 Å². The lowest BCUT2D eigenvalue weighted by molar-refractivity contribution is 0.768. The molecule has 4 rings (SSSR count). The van der Waals surface area contributed by atoms with Gasteiger partial charge in [0.05, 0.1) is 23.8 Å². The van der Waals surface area contributed by atoms with Crippen LogP contribution in [0.3, 0.4) is 0 Å². The average Bonchev–Trinajstić information content (AvgIpc) is 3.12. The number of pyridine rings is 1. The number of aryl methyl sites for hydroxylation is 1. The summed E-state index contributed by atoms with van der Waals surface area (Å²) in [7, 11) is 1.90. The second kappa shape index (κ2) is 5.20. The molecule has 0 aliphatic heterocycles. The van der Waals surface area contributed by atoms with E-state index in [0.29, 0.717) is 0 Å². The van der Waals surface area contributed by atoms with Crippen LogP contribution in [-0.2, 0) is 7.05 Å². The summed E-state index contributed by atoms with van der Waals surface area (Å²) in [5, 5.41) is 9.70. The van der Waals surface area contributed by atoms with Crippen molar-refractivity contribution in [2.24, 2.45) is 7.05 Å². The van der Waals surface area contributed by atoms with E-state index in [1.54, 1.807) is 4.68 Å². The number of fused-ring (bicyclic) bond motifs is 1. The fourth-order valence-corrected chi connectivity index (χ4v) is 2.94. The molecule has 4 aromatic rings. The van der Waals surface area contributed by atoms with Crippen molar-refractivity contribution in [3.63, 3.8) is 0 Å². The van der Waals surface area contributed by atoms with E-state index in [1.165, 1.54) is 3.57 Å². The minimum Gasteiger partial charge on any atom is -0.275 e. The van der Waals surface area contributed by atoms with Gasteiger partial charge in [0.2, 0.25) is 0 Å². The number of hydrogen-bond donors (Lipinski definition) is 0. The Morgan fingerprint density at radius 2 is 1.95 bits per heavy atom. The lowest BCUT2D eigenvalue weighted by Gasteiger charge is -2.04. The van der Waals surface area contributed by atoms with Crippen molar-refractivity contribution < 1.29 is 0 Å². The first-order valence-corrected chi connectivity index (χ1v) is 7.88.